The number of ketones is 1. The Labute approximate surface area is 196 Å². The third kappa shape index (κ3) is 3.31. The van der Waals surface area contributed by atoms with Crippen LogP contribution in [0.15, 0.2) is 90.3 Å². The highest BCUT2D eigenvalue weighted by Crippen LogP contribution is 2.47. The van der Waals surface area contributed by atoms with E-state index in [9.17, 15) is 4.79 Å². The van der Waals surface area contributed by atoms with Crippen molar-refractivity contribution in [1.82, 2.24) is 0 Å². The van der Waals surface area contributed by atoms with Gasteiger partial charge in [0.1, 0.15) is 0 Å². The van der Waals surface area contributed by atoms with Crippen molar-refractivity contribution in [2.24, 2.45) is 0 Å². The van der Waals surface area contributed by atoms with Crippen LogP contribution in [-0.4, -0.2) is 5.78 Å². The lowest BCUT2D eigenvalue weighted by atomic mass is 9.79. The van der Waals surface area contributed by atoms with Crippen LogP contribution < -0.4 is 10.6 Å². The van der Waals surface area contributed by atoms with Crippen LogP contribution in [0.1, 0.15) is 49.9 Å². The molecule has 0 radical (unpaired) electrons. The number of hydrogen-bond acceptors (Lipinski definition) is 3. The number of anilines is 2. The second-order valence-electron chi connectivity index (χ2n) is 10.1. The molecule has 2 aliphatic heterocycles. The molecule has 2 N–H and O–H groups in total. The van der Waals surface area contributed by atoms with E-state index in [1.807, 2.05) is 24.3 Å². The first-order valence-corrected chi connectivity index (χ1v) is 11.5. The minimum Gasteiger partial charge on any atom is -0.358 e. The van der Waals surface area contributed by atoms with Crippen molar-refractivity contribution in [2.45, 2.75) is 45.4 Å². The molecular weight excluding hydrogens is 404 g/mol. The number of carbonyl (C=O) groups excluding carboxylic acids is 1. The molecule has 2 aliphatic rings. The van der Waals surface area contributed by atoms with Crippen molar-refractivity contribution < 1.29 is 4.79 Å². The fraction of sp³-hybridized carbons (Fsp3) is 0.233. The Bertz CT molecular complexity index is 1340. The number of para-hydroxylation sites is 2. The fourth-order valence-electron chi connectivity index (χ4n) is 5.19. The number of carbonyl (C=O) groups is 1. The number of nitrogens with one attached hydrogen (secondary N) is 2. The highest BCUT2D eigenvalue weighted by atomic mass is 16.1. The molecule has 0 atom stereocenters. The third-order valence-corrected chi connectivity index (χ3v) is 7.21. The predicted molar refractivity (Wildman–Crippen MR) is 137 cm³/mol. The summed E-state index contributed by atoms with van der Waals surface area (Å²) in [6.45, 7) is 10.8. The standard InChI is InChI=1S/C30H30N2O/c1-19-12-6-7-13-20(19)27(28-30(4,5)22-15-9-11-17-24(22)32-28)25(33)18-26-29(2,3)21-14-8-10-16-23(21)31-26/h6-18,31-32H,1-5H3/b26-18+,28-27+. The zero-order valence-corrected chi connectivity index (χ0v) is 19.9. The summed E-state index contributed by atoms with van der Waals surface area (Å²) in [7, 11) is 0. The molecule has 0 aliphatic carbocycles. The first-order chi connectivity index (χ1) is 15.7. The van der Waals surface area contributed by atoms with Crippen molar-refractivity contribution in [2.75, 3.05) is 10.6 Å². The monoisotopic (exact) mass is 434 g/mol. The SMILES string of the molecule is Cc1ccccc1/C(C(=O)/C=C1/Nc2ccccc2C1(C)C)=C1\Nc2ccccc2C1(C)C. The molecule has 3 heteroatoms. The Hall–Kier alpha value is -3.59. The van der Waals surface area contributed by atoms with Crippen LogP contribution in [-0.2, 0) is 15.6 Å². The normalized spacial score (nSPS) is 20.0. The maximum Gasteiger partial charge on any atom is 0.189 e. The maximum atomic E-state index is 14.1. The van der Waals surface area contributed by atoms with E-state index in [0.717, 1.165) is 39.5 Å². The molecule has 3 aromatic rings. The number of benzene rings is 3. The molecule has 0 fully saturated rings. The summed E-state index contributed by atoms with van der Waals surface area (Å²) in [5.41, 5.74) is 8.63. The lowest BCUT2D eigenvalue weighted by Crippen LogP contribution is -2.23. The summed E-state index contributed by atoms with van der Waals surface area (Å²) in [5.74, 6) is 0.0102. The molecule has 0 bridgehead atoms. The van der Waals surface area contributed by atoms with E-state index in [4.69, 9.17) is 0 Å². The van der Waals surface area contributed by atoms with E-state index < -0.39 is 0 Å². The van der Waals surface area contributed by atoms with E-state index in [1.54, 1.807) is 6.08 Å². The first kappa shape index (κ1) is 21.3. The molecule has 3 aromatic carbocycles. The quantitative estimate of drug-likeness (QED) is 0.438. The van der Waals surface area contributed by atoms with Gasteiger partial charge in [-0.2, -0.15) is 0 Å². The second kappa shape index (κ2) is 7.48. The number of hydrogen-bond donors (Lipinski definition) is 2. The predicted octanol–water partition coefficient (Wildman–Crippen LogP) is 6.97. The number of aryl methyl sites for hydroxylation is 1. The van der Waals surface area contributed by atoms with Crippen LogP contribution in [0.5, 0.6) is 0 Å². The third-order valence-electron chi connectivity index (χ3n) is 7.21. The van der Waals surface area contributed by atoms with Crippen LogP contribution in [0.2, 0.25) is 0 Å². The van der Waals surface area contributed by atoms with Crippen LogP contribution >= 0.6 is 0 Å². The summed E-state index contributed by atoms with van der Waals surface area (Å²) < 4.78 is 0. The molecule has 0 saturated heterocycles. The molecule has 5 rings (SSSR count). The van der Waals surface area contributed by atoms with E-state index in [1.165, 1.54) is 11.1 Å². The summed E-state index contributed by atoms with van der Waals surface area (Å²) in [5, 5.41) is 7.11. The van der Waals surface area contributed by atoms with E-state index in [-0.39, 0.29) is 16.6 Å². The van der Waals surface area contributed by atoms with Gasteiger partial charge in [-0.15, -0.1) is 0 Å². The molecule has 33 heavy (non-hydrogen) atoms. The number of allylic oxidation sites excluding steroid dienone is 4. The van der Waals surface area contributed by atoms with Gasteiger partial charge in [-0.1, -0.05) is 88.4 Å². The molecular formula is C30H30N2O. The topological polar surface area (TPSA) is 41.1 Å². The Morgan fingerprint density at radius 1 is 0.727 bits per heavy atom. The van der Waals surface area contributed by atoms with Crippen LogP contribution in [0.3, 0.4) is 0 Å². The maximum absolute atomic E-state index is 14.1. The first-order valence-electron chi connectivity index (χ1n) is 11.5. The Morgan fingerprint density at radius 3 is 1.88 bits per heavy atom. The van der Waals surface area contributed by atoms with E-state index >= 15 is 0 Å². The van der Waals surface area contributed by atoms with Gasteiger partial charge in [0.15, 0.2) is 5.78 Å². The number of fused-ring (bicyclic) bond motifs is 2. The molecule has 3 nitrogen and oxygen atoms in total. The van der Waals surface area contributed by atoms with Gasteiger partial charge >= 0.3 is 0 Å². The van der Waals surface area contributed by atoms with Gasteiger partial charge in [-0.25, -0.2) is 0 Å². The van der Waals surface area contributed by atoms with Crippen LogP contribution in [0, 0.1) is 6.92 Å². The molecule has 166 valence electrons. The van der Waals surface area contributed by atoms with Gasteiger partial charge in [0.25, 0.3) is 0 Å². The highest BCUT2D eigenvalue weighted by molar-refractivity contribution is 6.28. The van der Waals surface area contributed by atoms with Crippen molar-refractivity contribution in [3.63, 3.8) is 0 Å². The lowest BCUT2D eigenvalue weighted by Gasteiger charge is -2.25. The van der Waals surface area contributed by atoms with Gasteiger partial charge in [0.2, 0.25) is 0 Å². The van der Waals surface area contributed by atoms with Crippen LogP contribution in [0.25, 0.3) is 5.57 Å². The minimum absolute atomic E-state index is 0.0102. The Kier molecular flexibility index (Phi) is 4.82. The van der Waals surface area contributed by atoms with Gasteiger partial charge in [-0.05, 0) is 41.3 Å². The van der Waals surface area contributed by atoms with Gasteiger partial charge in [-0.3, -0.25) is 4.79 Å². The highest BCUT2D eigenvalue weighted by Gasteiger charge is 2.39. The Morgan fingerprint density at radius 2 is 1.27 bits per heavy atom. The molecule has 0 aromatic heterocycles. The molecule has 2 heterocycles. The minimum atomic E-state index is -0.316. The number of rotatable bonds is 3. The van der Waals surface area contributed by atoms with Gasteiger partial charge in [0.05, 0.1) is 0 Å². The van der Waals surface area contributed by atoms with Gasteiger partial charge < -0.3 is 10.6 Å². The van der Waals surface area contributed by atoms with Crippen molar-refractivity contribution >= 4 is 22.7 Å². The smallest absolute Gasteiger partial charge is 0.189 e. The zero-order chi connectivity index (χ0) is 23.4. The molecule has 0 saturated carbocycles. The molecule has 0 amide bonds. The largest absolute Gasteiger partial charge is 0.358 e. The van der Waals surface area contributed by atoms with Crippen molar-refractivity contribution in [1.29, 1.82) is 0 Å². The summed E-state index contributed by atoms with van der Waals surface area (Å²) in [4.78, 5) is 14.1. The van der Waals surface area contributed by atoms with Crippen LogP contribution in [0.4, 0.5) is 11.4 Å². The summed E-state index contributed by atoms with van der Waals surface area (Å²) in [6.07, 6.45) is 1.80. The average Bonchev–Trinajstić information content (AvgIpc) is 3.20. The summed E-state index contributed by atoms with van der Waals surface area (Å²) >= 11 is 0. The van der Waals surface area contributed by atoms with Gasteiger partial charge in [0, 0.05) is 45.2 Å². The zero-order valence-electron chi connectivity index (χ0n) is 19.9. The molecule has 0 spiro atoms. The lowest BCUT2D eigenvalue weighted by molar-refractivity contribution is -0.109. The molecule has 0 unspecified atom stereocenters. The van der Waals surface area contributed by atoms with Crippen molar-refractivity contribution in [3.8, 4) is 0 Å². The Balaban J connectivity index is 1.68. The van der Waals surface area contributed by atoms with E-state index in [0.29, 0.717) is 0 Å². The van der Waals surface area contributed by atoms with Crippen molar-refractivity contribution in [3.05, 3.63) is 113 Å². The summed E-state index contributed by atoms with van der Waals surface area (Å²) in [6, 6.07) is 24.7. The van der Waals surface area contributed by atoms with E-state index in [2.05, 4.69) is 93.8 Å². The second-order valence-corrected chi connectivity index (χ2v) is 10.1. The fourth-order valence-corrected chi connectivity index (χ4v) is 5.19. The average molecular weight is 435 g/mol.